The Morgan fingerprint density at radius 1 is 0.673 bits per heavy atom. The topological polar surface area (TPSA) is 52.2 Å². The lowest BCUT2D eigenvalue weighted by Gasteiger charge is -2.26. The smallest absolute Gasteiger partial charge is 0.416 e. The Morgan fingerprint density at radius 2 is 1.16 bits per heavy atom. The molecule has 0 radical (unpaired) electrons. The molecule has 2 aliphatic rings. The molecular formula is C40H43BrCl2F6N2O4. The molecule has 0 bridgehead atoms. The van der Waals surface area contributed by atoms with Crippen molar-refractivity contribution in [3.05, 3.63) is 118 Å². The maximum atomic E-state index is 12.7. The fourth-order valence-corrected chi connectivity index (χ4v) is 6.14. The van der Waals surface area contributed by atoms with Crippen LogP contribution in [0.2, 0.25) is 10.0 Å². The van der Waals surface area contributed by atoms with Gasteiger partial charge in [-0.3, -0.25) is 4.90 Å². The molecule has 2 saturated heterocycles. The van der Waals surface area contributed by atoms with Gasteiger partial charge in [-0.2, -0.15) is 26.3 Å². The fourth-order valence-electron chi connectivity index (χ4n) is 5.73. The Morgan fingerprint density at radius 3 is 1.62 bits per heavy atom. The van der Waals surface area contributed by atoms with Crippen LogP contribution in [-0.4, -0.2) is 67.4 Å². The molecule has 1 N–H and O–H groups in total. The first-order valence-corrected chi connectivity index (χ1v) is 19.3. The number of hydrogen-bond acceptors (Lipinski definition) is 6. The van der Waals surface area contributed by atoms with E-state index in [1.165, 1.54) is 24.3 Å². The van der Waals surface area contributed by atoms with E-state index in [9.17, 15) is 26.3 Å². The van der Waals surface area contributed by atoms with Crippen LogP contribution in [0.3, 0.4) is 0 Å². The van der Waals surface area contributed by atoms with E-state index < -0.39 is 23.5 Å². The maximum absolute atomic E-state index is 12.7. The summed E-state index contributed by atoms with van der Waals surface area (Å²) in [5, 5.41) is 5.28. The Bertz CT molecular complexity index is 1760. The molecule has 4 aromatic carbocycles. The largest absolute Gasteiger partial charge is 0.493 e. The standard InChI is InChI=1S/C20H21ClF3NO2.C11H14ClNO.C9H8BrF3O/c1-19(27-17-7-5-16(21)6-8-17)9-10-25(14-19)11-12-26-18-4-2-3-15(13-18)20(22,23)24;1-11(6-7-13-8-11)14-10-4-2-9(12)3-5-10;10-4-5-14-8-3-1-2-7(6-8)9(11,12)13/h2-8,13H,9-12,14H2,1H3;2-5,13H,6-8H2,1H3;1-3,6H,4-5H2. The van der Waals surface area contributed by atoms with Crippen molar-refractivity contribution >= 4 is 39.1 Å². The fraction of sp³-hybridized carbons (Fsp3) is 0.400. The van der Waals surface area contributed by atoms with E-state index in [1.807, 2.05) is 36.4 Å². The highest BCUT2D eigenvalue weighted by molar-refractivity contribution is 9.09. The quantitative estimate of drug-likeness (QED) is 0.120. The van der Waals surface area contributed by atoms with Crippen LogP contribution in [0.15, 0.2) is 97.1 Å². The maximum Gasteiger partial charge on any atom is 0.416 e. The van der Waals surface area contributed by atoms with Crippen LogP contribution in [0.5, 0.6) is 23.0 Å². The van der Waals surface area contributed by atoms with Gasteiger partial charge in [-0.15, -0.1) is 0 Å². The summed E-state index contributed by atoms with van der Waals surface area (Å²) in [5.41, 5.74) is -1.77. The predicted octanol–water partition coefficient (Wildman–Crippen LogP) is 11.2. The van der Waals surface area contributed by atoms with Gasteiger partial charge in [0.25, 0.3) is 0 Å². The molecular weight excluding hydrogens is 837 g/mol. The van der Waals surface area contributed by atoms with Crippen LogP contribution in [0.25, 0.3) is 0 Å². The van der Waals surface area contributed by atoms with E-state index in [-0.39, 0.29) is 22.7 Å². The molecule has 15 heteroatoms. The lowest BCUT2D eigenvalue weighted by atomic mass is 10.1. The summed E-state index contributed by atoms with van der Waals surface area (Å²) >= 11 is 14.8. The first-order chi connectivity index (χ1) is 26.0. The first-order valence-electron chi connectivity index (χ1n) is 17.4. The third-order valence-electron chi connectivity index (χ3n) is 8.55. The van der Waals surface area contributed by atoms with Crippen LogP contribution >= 0.6 is 39.1 Å². The summed E-state index contributed by atoms with van der Waals surface area (Å²) in [4.78, 5) is 2.18. The summed E-state index contributed by atoms with van der Waals surface area (Å²) in [6, 6.07) is 24.5. The molecule has 6 nitrogen and oxygen atoms in total. The Kier molecular flexibility index (Phi) is 16.3. The van der Waals surface area contributed by atoms with Crippen molar-refractivity contribution in [1.29, 1.82) is 0 Å². The number of rotatable bonds is 11. The lowest BCUT2D eigenvalue weighted by molar-refractivity contribution is -0.138. The highest BCUT2D eigenvalue weighted by atomic mass is 79.9. The zero-order valence-electron chi connectivity index (χ0n) is 30.3. The molecule has 300 valence electrons. The van der Waals surface area contributed by atoms with Crippen LogP contribution in [0, 0.1) is 0 Å². The van der Waals surface area contributed by atoms with Crippen LogP contribution in [0.4, 0.5) is 26.3 Å². The van der Waals surface area contributed by atoms with E-state index in [1.54, 1.807) is 12.1 Å². The second-order valence-electron chi connectivity index (χ2n) is 13.4. The summed E-state index contributed by atoms with van der Waals surface area (Å²) in [6.07, 6.45) is -6.77. The minimum Gasteiger partial charge on any atom is -0.493 e. The van der Waals surface area contributed by atoms with Gasteiger partial charge in [-0.05, 0) is 105 Å². The molecule has 0 amide bonds. The molecule has 2 unspecified atom stereocenters. The molecule has 6 rings (SSSR count). The average molecular weight is 881 g/mol. The minimum absolute atomic E-state index is 0.0617. The Balaban J connectivity index is 0.000000202. The van der Waals surface area contributed by atoms with Crippen molar-refractivity contribution in [3.8, 4) is 23.0 Å². The SMILES string of the molecule is CC1(Oc2ccc(Cl)cc2)CCN(CCOc2cccc(C(F)(F)F)c2)C1.CC1(Oc2ccc(Cl)cc2)CCNC1.FC(F)(F)c1cccc(OCCBr)c1. The minimum atomic E-state index is -4.37. The van der Waals surface area contributed by atoms with Crippen LogP contribution in [-0.2, 0) is 12.4 Å². The Hall–Kier alpha value is -3.36. The van der Waals surface area contributed by atoms with Gasteiger partial charge in [-0.1, -0.05) is 51.3 Å². The molecule has 0 saturated carbocycles. The van der Waals surface area contributed by atoms with Gasteiger partial charge in [0.2, 0.25) is 0 Å². The van der Waals surface area contributed by atoms with Crippen molar-refractivity contribution in [2.24, 2.45) is 0 Å². The molecule has 2 atom stereocenters. The number of ether oxygens (including phenoxy) is 4. The number of hydrogen-bond donors (Lipinski definition) is 1. The third-order valence-corrected chi connectivity index (χ3v) is 9.37. The number of halogens is 9. The predicted molar refractivity (Wildman–Crippen MR) is 207 cm³/mol. The number of alkyl halides is 7. The summed E-state index contributed by atoms with van der Waals surface area (Å²) in [7, 11) is 0. The molecule has 55 heavy (non-hydrogen) atoms. The van der Waals surface area contributed by atoms with Gasteiger partial charge < -0.3 is 24.3 Å². The average Bonchev–Trinajstić information content (AvgIpc) is 3.74. The number of nitrogens with one attached hydrogen (secondary N) is 1. The highest BCUT2D eigenvalue weighted by Crippen LogP contribution is 2.33. The van der Waals surface area contributed by atoms with Gasteiger partial charge in [0.15, 0.2) is 0 Å². The van der Waals surface area contributed by atoms with E-state index >= 15 is 0 Å². The van der Waals surface area contributed by atoms with Crippen LogP contribution < -0.4 is 24.3 Å². The molecule has 2 heterocycles. The lowest BCUT2D eigenvalue weighted by Crippen LogP contribution is -2.37. The van der Waals surface area contributed by atoms with Gasteiger partial charge >= 0.3 is 12.4 Å². The summed E-state index contributed by atoms with van der Waals surface area (Å²) < 4.78 is 97.4. The van der Waals surface area contributed by atoms with Crippen molar-refractivity contribution < 1.29 is 45.3 Å². The van der Waals surface area contributed by atoms with Crippen molar-refractivity contribution in [2.75, 3.05) is 51.3 Å². The normalized spacial score (nSPS) is 19.8. The van der Waals surface area contributed by atoms with Gasteiger partial charge in [0.1, 0.15) is 40.8 Å². The summed E-state index contributed by atoms with van der Waals surface area (Å²) in [6.45, 7) is 8.98. The number of nitrogens with zero attached hydrogens (tertiary/aromatic N) is 1. The zero-order valence-corrected chi connectivity index (χ0v) is 33.4. The van der Waals surface area contributed by atoms with E-state index in [0.717, 1.165) is 79.8 Å². The van der Waals surface area contributed by atoms with Gasteiger partial charge in [0.05, 0.1) is 17.7 Å². The highest BCUT2D eigenvalue weighted by Gasteiger charge is 2.36. The van der Waals surface area contributed by atoms with E-state index in [0.29, 0.717) is 30.1 Å². The summed E-state index contributed by atoms with van der Waals surface area (Å²) in [5.74, 6) is 2.12. The zero-order chi connectivity index (χ0) is 40.1. The molecule has 2 aliphatic heterocycles. The van der Waals surface area contributed by atoms with Gasteiger partial charge in [0, 0.05) is 54.4 Å². The number of likely N-dealkylation sites (tertiary alicyclic amines) is 1. The molecule has 4 aromatic rings. The molecule has 0 aliphatic carbocycles. The number of benzene rings is 4. The monoisotopic (exact) mass is 878 g/mol. The van der Waals surface area contributed by atoms with Crippen molar-refractivity contribution in [3.63, 3.8) is 0 Å². The van der Waals surface area contributed by atoms with Gasteiger partial charge in [-0.25, -0.2) is 0 Å². The van der Waals surface area contributed by atoms with E-state index in [2.05, 4.69) is 40.0 Å². The van der Waals surface area contributed by atoms with Crippen molar-refractivity contribution in [1.82, 2.24) is 10.2 Å². The van der Waals surface area contributed by atoms with Crippen molar-refractivity contribution in [2.45, 2.75) is 50.2 Å². The molecule has 0 aromatic heterocycles. The first kappa shape index (κ1) is 44.4. The second-order valence-corrected chi connectivity index (χ2v) is 15.1. The molecule has 0 spiro atoms. The second kappa shape index (κ2) is 20.2. The third kappa shape index (κ3) is 15.2. The van der Waals surface area contributed by atoms with E-state index in [4.69, 9.17) is 42.1 Å². The van der Waals surface area contributed by atoms with Crippen LogP contribution in [0.1, 0.15) is 37.8 Å². The Labute approximate surface area is 336 Å². The molecule has 2 fully saturated rings.